The summed E-state index contributed by atoms with van der Waals surface area (Å²) in [5.41, 5.74) is -0.188. The Morgan fingerprint density at radius 2 is 2.06 bits per heavy atom. The zero-order valence-electron chi connectivity index (χ0n) is 9.99. The Hall–Kier alpha value is -1.51. The summed E-state index contributed by atoms with van der Waals surface area (Å²) in [5.74, 6) is -0.279. The first-order valence-corrected chi connectivity index (χ1v) is 5.47. The van der Waals surface area contributed by atoms with Crippen molar-refractivity contribution in [2.24, 2.45) is 0 Å². The van der Waals surface area contributed by atoms with Crippen LogP contribution in [0.2, 0.25) is 0 Å². The molecule has 0 spiro atoms. The summed E-state index contributed by atoms with van der Waals surface area (Å²) < 4.78 is 5.64. The molecule has 1 aromatic rings. The maximum atomic E-state index is 11.2. The summed E-state index contributed by atoms with van der Waals surface area (Å²) in [6.45, 7) is 5.47. The van der Waals surface area contributed by atoms with Crippen molar-refractivity contribution in [3.8, 4) is 5.75 Å². The van der Waals surface area contributed by atoms with E-state index in [1.165, 1.54) is 0 Å². The monoisotopic (exact) mass is 222 g/mol. The number of rotatable bonds is 5. The third-order valence-electron chi connectivity index (χ3n) is 2.61. The predicted molar refractivity (Wildman–Crippen MR) is 62.8 cm³/mol. The van der Waals surface area contributed by atoms with Crippen LogP contribution < -0.4 is 4.74 Å². The lowest BCUT2D eigenvalue weighted by molar-refractivity contribution is -0.154. The van der Waals surface area contributed by atoms with Crippen LogP contribution in [0.25, 0.3) is 0 Å². The molecule has 1 aromatic carbocycles. The van der Waals surface area contributed by atoms with E-state index in [0.717, 1.165) is 12.0 Å². The molecule has 0 radical (unpaired) electrons. The van der Waals surface area contributed by atoms with Crippen molar-refractivity contribution in [3.63, 3.8) is 0 Å². The molecule has 0 fully saturated rings. The third-order valence-corrected chi connectivity index (χ3v) is 2.61. The van der Waals surface area contributed by atoms with E-state index >= 15 is 0 Å². The summed E-state index contributed by atoms with van der Waals surface area (Å²) >= 11 is 0. The Labute approximate surface area is 96.1 Å². The fraction of sp³-hybridized carbons (Fsp3) is 0.462. The highest BCUT2D eigenvalue weighted by Crippen LogP contribution is 2.25. The Kier molecular flexibility index (Phi) is 3.93. The summed E-state index contributed by atoms with van der Waals surface area (Å²) in [6, 6.07) is 7.45. The zero-order valence-corrected chi connectivity index (χ0v) is 9.99. The van der Waals surface area contributed by atoms with Gasteiger partial charge in [0.1, 0.15) is 5.75 Å². The molecule has 1 atom stereocenters. The molecule has 3 nitrogen and oxygen atoms in total. The van der Waals surface area contributed by atoms with Gasteiger partial charge in [0.15, 0.2) is 0 Å². The molecular formula is C13H18O3. The summed E-state index contributed by atoms with van der Waals surface area (Å²) in [7, 11) is 0. The number of carboxylic acid groups (broad SMARTS) is 1. The molecular weight excluding hydrogens is 204 g/mol. The van der Waals surface area contributed by atoms with Crippen molar-refractivity contribution in [1.82, 2.24) is 0 Å². The lowest BCUT2D eigenvalue weighted by atomic mass is 10.0. The first-order valence-electron chi connectivity index (χ1n) is 5.47. The molecule has 0 heterocycles. The SMILES string of the molecule is CCC[C@](C)(Oc1ccccc1C)C(=O)O. The average molecular weight is 222 g/mol. The Bertz CT molecular complexity index is 373. The molecule has 88 valence electrons. The number of para-hydroxylation sites is 1. The molecule has 0 saturated heterocycles. The van der Waals surface area contributed by atoms with Gasteiger partial charge in [0.05, 0.1) is 0 Å². The van der Waals surface area contributed by atoms with E-state index < -0.39 is 11.6 Å². The van der Waals surface area contributed by atoms with E-state index in [0.29, 0.717) is 12.2 Å². The smallest absolute Gasteiger partial charge is 0.347 e. The second kappa shape index (κ2) is 5.01. The molecule has 0 amide bonds. The number of carbonyl (C=O) groups is 1. The van der Waals surface area contributed by atoms with Gasteiger partial charge in [0.25, 0.3) is 0 Å². The van der Waals surface area contributed by atoms with Gasteiger partial charge in [0, 0.05) is 0 Å². The van der Waals surface area contributed by atoms with E-state index in [9.17, 15) is 9.90 Å². The van der Waals surface area contributed by atoms with Gasteiger partial charge >= 0.3 is 5.97 Å². The molecule has 1 rings (SSSR count). The highest BCUT2D eigenvalue weighted by Gasteiger charge is 2.34. The molecule has 0 bridgehead atoms. The topological polar surface area (TPSA) is 46.5 Å². The van der Waals surface area contributed by atoms with Crippen molar-refractivity contribution in [2.45, 2.75) is 39.2 Å². The second-order valence-corrected chi connectivity index (χ2v) is 4.15. The number of ether oxygens (including phenoxy) is 1. The minimum Gasteiger partial charge on any atom is -0.478 e. The van der Waals surface area contributed by atoms with Crippen LogP contribution >= 0.6 is 0 Å². The van der Waals surface area contributed by atoms with Crippen LogP contribution in [0.3, 0.4) is 0 Å². The van der Waals surface area contributed by atoms with Crippen molar-refractivity contribution in [2.75, 3.05) is 0 Å². The summed E-state index contributed by atoms with van der Waals surface area (Å²) in [6.07, 6.45) is 1.27. The van der Waals surface area contributed by atoms with Crippen molar-refractivity contribution in [3.05, 3.63) is 29.8 Å². The lowest BCUT2D eigenvalue weighted by Crippen LogP contribution is -2.41. The largest absolute Gasteiger partial charge is 0.478 e. The van der Waals surface area contributed by atoms with Crippen LogP contribution in [0.1, 0.15) is 32.3 Å². The second-order valence-electron chi connectivity index (χ2n) is 4.15. The van der Waals surface area contributed by atoms with Gasteiger partial charge in [-0.3, -0.25) is 0 Å². The first-order chi connectivity index (χ1) is 7.49. The van der Waals surface area contributed by atoms with Crippen molar-refractivity contribution < 1.29 is 14.6 Å². The Morgan fingerprint density at radius 3 is 2.56 bits per heavy atom. The van der Waals surface area contributed by atoms with Gasteiger partial charge in [-0.2, -0.15) is 0 Å². The van der Waals surface area contributed by atoms with E-state index in [-0.39, 0.29) is 0 Å². The number of hydrogen-bond acceptors (Lipinski definition) is 2. The van der Waals surface area contributed by atoms with Crippen molar-refractivity contribution in [1.29, 1.82) is 0 Å². The number of carboxylic acids is 1. The van der Waals surface area contributed by atoms with Crippen LogP contribution in [0.15, 0.2) is 24.3 Å². The molecule has 3 heteroatoms. The Morgan fingerprint density at radius 1 is 1.44 bits per heavy atom. The first kappa shape index (κ1) is 12.6. The van der Waals surface area contributed by atoms with Crippen molar-refractivity contribution >= 4 is 5.97 Å². The average Bonchev–Trinajstić information content (AvgIpc) is 2.21. The fourth-order valence-corrected chi connectivity index (χ4v) is 1.59. The van der Waals surface area contributed by atoms with Gasteiger partial charge in [-0.05, 0) is 31.9 Å². The number of benzene rings is 1. The van der Waals surface area contributed by atoms with Gasteiger partial charge in [-0.15, -0.1) is 0 Å². The summed E-state index contributed by atoms with van der Waals surface area (Å²) in [4.78, 5) is 11.2. The predicted octanol–water partition coefficient (Wildman–Crippen LogP) is 3.02. The number of aliphatic carboxylic acids is 1. The third kappa shape index (κ3) is 2.75. The van der Waals surface area contributed by atoms with Crippen LogP contribution in [0, 0.1) is 6.92 Å². The number of aryl methyl sites for hydroxylation is 1. The van der Waals surface area contributed by atoms with Gasteiger partial charge in [-0.1, -0.05) is 31.5 Å². The Balaban J connectivity index is 2.92. The zero-order chi connectivity index (χ0) is 12.2. The van der Waals surface area contributed by atoms with E-state index in [4.69, 9.17) is 4.74 Å². The number of hydrogen-bond donors (Lipinski definition) is 1. The van der Waals surface area contributed by atoms with E-state index in [1.807, 2.05) is 32.0 Å². The highest BCUT2D eigenvalue weighted by atomic mass is 16.5. The van der Waals surface area contributed by atoms with Crippen LogP contribution in [0.4, 0.5) is 0 Å². The molecule has 0 aromatic heterocycles. The highest BCUT2D eigenvalue weighted by molar-refractivity contribution is 5.77. The maximum Gasteiger partial charge on any atom is 0.347 e. The summed E-state index contributed by atoms with van der Waals surface area (Å²) in [5, 5.41) is 9.19. The molecule has 16 heavy (non-hydrogen) atoms. The lowest BCUT2D eigenvalue weighted by Gasteiger charge is -2.26. The quantitative estimate of drug-likeness (QED) is 0.833. The standard InChI is InChI=1S/C13H18O3/c1-4-9-13(3,12(14)15)16-11-8-6-5-7-10(11)2/h5-8H,4,9H2,1-3H3,(H,14,15)/t13-/m0/s1. The van der Waals surface area contributed by atoms with E-state index in [2.05, 4.69) is 0 Å². The minimum atomic E-state index is -1.14. The molecule has 0 aliphatic rings. The van der Waals surface area contributed by atoms with Crippen LogP contribution in [-0.2, 0) is 4.79 Å². The molecule has 0 aliphatic carbocycles. The van der Waals surface area contributed by atoms with Gasteiger partial charge < -0.3 is 9.84 Å². The molecule has 0 aliphatic heterocycles. The van der Waals surface area contributed by atoms with Crippen LogP contribution in [0.5, 0.6) is 5.75 Å². The molecule has 1 N–H and O–H groups in total. The van der Waals surface area contributed by atoms with Gasteiger partial charge in [0.2, 0.25) is 5.60 Å². The molecule has 0 saturated carbocycles. The van der Waals surface area contributed by atoms with Gasteiger partial charge in [-0.25, -0.2) is 4.79 Å². The fourth-order valence-electron chi connectivity index (χ4n) is 1.59. The normalized spacial score (nSPS) is 14.2. The van der Waals surface area contributed by atoms with Crippen LogP contribution in [-0.4, -0.2) is 16.7 Å². The minimum absolute atomic E-state index is 0.497. The van der Waals surface area contributed by atoms with E-state index in [1.54, 1.807) is 13.0 Å². The maximum absolute atomic E-state index is 11.2. The molecule has 0 unspecified atom stereocenters.